The number of anilines is 1. The number of carbonyl (C=O) groups is 4. The summed E-state index contributed by atoms with van der Waals surface area (Å²) < 4.78 is 66.1. The smallest absolute Gasteiger partial charge is 0.433 e. The molecule has 2 fully saturated rings. The molecule has 0 bridgehead atoms. The number of nitrogens with zero attached hydrogens (tertiary/aromatic N) is 12. The van der Waals surface area contributed by atoms with Gasteiger partial charge in [0.05, 0.1) is 52.6 Å². The molecule has 2 saturated heterocycles. The highest BCUT2D eigenvalue weighted by Crippen LogP contribution is 2.41. The Hall–Kier alpha value is -10.6. The lowest BCUT2D eigenvalue weighted by atomic mass is 9.98. The molecule has 5 aromatic carbocycles. The lowest BCUT2D eigenvalue weighted by Crippen LogP contribution is -2.50. The summed E-state index contributed by atoms with van der Waals surface area (Å²) in [5.74, 6) is -1.13. The van der Waals surface area contributed by atoms with E-state index in [9.17, 15) is 34.2 Å². The van der Waals surface area contributed by atoms with Gasteiger partial charge in [-0.05, 0) is 129 Å². The third-order valence-corrected chi connectivity index (χ3v) is 16.7. The Kier molecular flexibility index (Phi) is 18.8. The number of piperazine rings is 2. The molecule has 3 N–H and O–H groups in total. The zero-order valence-electron chi connectivity index (χ0n) is 53.7. The number of hydrogen-bond donors (Lipinski definition) is 3. The van der Waals surface area contributed by atoms with Crippen molar-refractivity contribution in [3.8, 4) is 57.0 Å². The third kappa shape index (κ3) is 14.3. The number of pyridine rings is 2. The second-order valence-electron chi connectivity index (χ2n) is 24.6. The molecule has 0 spiro atoms. The molecule has 4 amide bonds. The number of hydrogen-bond acceptors (Lipinski definition) is 16. The minimum atomic E-state index is -4.83. The number of ether oxygens (including phenoxy) is 3. The maximum absolute atomic E-state index is 15.2. The maximum atomic E-state index is 15.2. The normalized spacial score (nSPS) is 14.5. The summed E-state index contributed by atoms with van der Waals surface area (Å²) in [6.07, 6.45) is -1.78. The number of halogens is 3. The number of phenols is 2. The summed E-state index contributed by atoms with van der Waals surface area (Å²) in [7, 11) is 3.05. The topological polar surface area (TPSA) is 257 Å². The summed E-state index contributed by atoms with van der Waals surface area (Å²) >= 11 is 0. The van der Waals surface area contributed by atoms with Crippen molar-refractivity contribution in [2.75, 3.05) is 70.9 Å². The van der Waals surface area contributed by atoms with Crippen molar-refractivity contribution in [1.82, 2.24) is 53.9 Å². The van der Waals surface area contributed by atoms with E-state index in [2.05, 4.69) is 35.4 Å². The van der Waals surface area contributed by atoms with E-state index in [1.54, 1.807) is 97.8 Å². The van der Waals surface area contributed by atoms with E-state index in [0.29, 0.717) is 89.5 Å². The Morgan fingerprint density at radius 3 is 2.08 bits per heavy atom. The number of aromatic nitrogens is 7. The maximum Gasteiger partial charge on any atom is 0.433 e. The lowest BCUT2D eigenvalue weighted by Gasteiger charge is -2.36. The molecular formula is C69H72F3N13O10. The first-order valence-electron chi connectivity index (χ1n) is 31.1. The van der Waals surface area contributed by atoms with Crippen LogP contribution in [0.5, 0.6) is 23.1 Å². The molecule has 0 radical (unpaired) electrons. The van der Waals surface area contributed by atoms with Crippen LogP contribution in [-0.4, -0.2) is 161 Å². The van der Waals surface area contributed by atoms with Crippen molar-refractivity contribution in [3.05, 3.63) is 160 Å². The second-order valence-corrected chi connectivity index (χ2v) is 24.6. The SMILES string of the molecule is CCNC(=O)c1nnc(-c2cc(C(C)C)c(O)cc2O)n1-c1ccc(CN2CCN(C(=O)C(C=NC(=O)OC(C)(C)C)Cc3ccc(OC(=O)N4CCN(c5ccc(-n6c(=O)n(C)c7cnc8ccc(-c9ccc(OC)nc9)cc8c76)cc5C(F)(F)F)CC4)cc3)CC2)cc1. The van der Waals surface area contributed by atoms with E-state index >= 15 is 13.2 Å². The summed E-state index contributed by atoms with van der Waals surface area (Å²) in [4.78, 5) is 87.9. The van der Waals surface area contributed by atoms with E-state index in [1.807, 2.05) is 56.3 Å². The average molecular weight is 1300 g/mol. The number of aliphatic imine (C=N–C) groups is 1. The molecule has 23 nitrogen and oxygen atoms in total. The van der Waals surface area contributed by atoms with E-state index in [-0.39, 0.29) is 84.7 Å². The number of aromatic hydroxyl groups is 2. The molecule has 1 unspecified atom stereocenters. The number of methoxy groups -OCH3 is 1. The van der Waals surface area contributed by atoms with Crippen LogP contribution in [0.4, 0.5) is 28.4 Å². The van der Waals surface area contributed by atoms with Gasteiger partial charge in [0.2, 0.25) is 17.6 Å². The van der Waals surface area contributed by atoms with Gasteiger partial charge in [-0.2, -0.15) is 18.2 Å². The van der Waals surface area contributed by atoms with Crippen LogP contribution >= 0.6 is 0 Å². The first-order valence-corrected chi connectivity index (χ1v) is 31.1. The van der Waals surface area contributed by atoms with Crippen molar-refractivity contribution >= 4 is 57.8 Å². The number of phenolic OH excluding ortho intramolecular Hbond substituents is 2. The minimum Gasteiger partial charge on any atom is -0.508 e. The fourth-order valence-electron chi connectivity index (χ4n) is 11.8. The molecule has 26 heteroatoms. The van der Waals surface area contributed by atoms with Crippen LogP contribution in [0, 0.1) is 5.92 Å². The van der Waals surface area contributed by atoms with E-state index in [0.717, 1.165) is 22.8 Å². The highest BCUT2D eigenvalue weighted by molar-refractivity contribution is 6.05. The van der Waals surface area contributed by atoms with Gasteiger partial charge >= 0.3 is 24.1 Å². The molecule has 9 aromatic rings. The number of amides is 4. The van der Waals surface area contributed by atoms with Crippen molar-refractivity contribution in [2.24, 2.45) is 18.0 Å². The van der Waals surface area contributed by atoms with Crippen LogP contribution < -0.4 is 25.4 Å². The average Bonchev–Trinajstić information content (AvgIpc) is 1.62. The van der Waals surface area contributed by atoms with E-state index in [1.165, 1.54) is 51.8 Å². The number of aryl methyl sites for hydroxylation is 1. The van der Waals surface area contributed by atoms with Crippen LogP contribution in [0.3, 0.4) is 0 Å². The first kappa shape index (κ1) is 65.8. The molecule has 95 heavy (non-hydrogen) atoms. The van der Waals surface area contributed by atoms with E-state index < -0.39 is 47.0 Å². The highest BCUT2D eigenvalue weighted by Gasteiger charge is 2.38. The zero-order valence-corrected chi connectivity index (χ0v) is 53.7. The molecule has 0 aliphatic carbocycles. The van der Waals surface area contributed by atoms with E-state index in [4.69, 9.17) is 14.2 Å². The fourth-order valence-corrected chi connectivity index (χ4v) is 11.8. The molecule has 2 aliphatic heterocycles. The molecule has 0 saturated carbocycles. The first-order chi connectivity index (χ1) is 45.4. The number of rotatable bonds is 16. The largest absolute Gasteiger partial charge is 0.508 e. The van der Waals surface area contributed by atoms with Gasteiger partial charge in [0.1, 0.15) is 22.8 Å². The summed E-state index contributed by atoms with van der Waals surface area (Å²) in [6, 6.07) is 29.8. The Balaban J connectivity index is 0.728. The van der Waals surface area contributed by atoms with Gasteiger partial charge in [0, 0.05) is 119 Å². The Bertz CT molecular complexity index is 4450. The highest BCUT2D eigenvalue weighted by atomic mass is 19.4. The predicted molar refractivity (Wildman–Crippen MR) is 351 cm³/mol. The zero-order chi connectivity index (χ0) is 67.6. The van der Waals surface area contributed by atoms with Crippen LogP contribution in [0.15, 0.2) is 131 Å². The number of alkyl halides is 3. The molecule has 4 aromatic heterocycles. The Morgan fingerprint density at radius 2 is 1.43 bits per heavy atom. The fraction of sp³-hybridized carbons (Fsp3) is 0.333. The Morgan fingerprint density at radius 1 is 0.747 bits per heavy atom. The van der Waals surface area contributed by atoms with Crippen LogP contribution in [-0.2, 0) is 35.7 Å². The van der Waals surface area contributed by atoms with Gasteiger partial charge in [-0.1, -0.05) is 44.2 Å². The van der Waals surface area contributed by atoms with Crippen LogP contribution in [0.1, 0.15) is 80.3 Å². The summed E-state index contributed by atoms with van der Waals surface area (Å²) in [5.41, 5.74) is 3.44. The van der Waals surface area contributed by atoms with Crippen molar-refractivity contribution in [2.45, 2.75) is 72.2 Å². The predicted octanol–water partition coefficient (Wildman–Crippen LogP) is 10.3. The number of benzene rings is 5. The van der Waals surface area contributed by atoms with Gasteiger partial charge in [-0.25, -0.2) is 19.4 Å². The second kappa shape index (κ2) is 27.1. The van der Waals surface area contributed by atoms with Crippen molar-refractivity contribution < 1.29 is 56.8 Å². The summed E-state index contributed by atoms with van der Waals surface area (Å²) in [6.45, 7) is 13.6. The van der Waals surface area contributed by atoms with Crippen molar-refractivity contribution in [3.63, 3.8) is 0 Å². The van der Waals surface area contributed by atoms with Gasteiger partial charge in [-0.3, -0.25) is 33.2 Å². The monoisotopic (exact) mass is 1300 g/mol. The number of fused-ring (bicyclic) bond motifs is 3. The Labute approximate surface area is 544 Å². The minimum absolute atomic E-state index is 0.00647. The lowest BCUT2D eigenvalue weighted by molar-refractivity contribution is -0.137. The standard InChI is InChI=1S/C69H72F3N13O10/c1-9-73-63(88)62-78-77-61(52-35-50(41(2)3)57(86)36-58(52)87)85(62)47-16-10-43(11-17-47)40-80-24-26-82(27-25-80)64(89)46(38-76-65(90)95-68(4,5)6)32-42-12-19-49(20-13-42)94-67(92)83-30-28-81(29-31-83)55-22-18-48(34-53(55)69(70,71)72)84-60-51-33-44(45-15-23-59(93-8)75-37-45)14-21-54(51)74-39-56(60)79(7)66(84)91/h10-23,33-39,41,46,86-87H,9,24-32,40H2,1-8H3,(H,73,88). The molecule has 6 heterocycles. The van der Waals surface area contributed by atoms with Crippen LogP contribution in [0.2, 0.25) is 0 Å². The van der Waals surface area contributed by atoms with Gasteiger partial charge in [-0.15, -0.1) is 10.2 Å². The number of imidazole rings is 1. The van der Waals surface area contributed by atoms with Gasteiger partial charge in [0.25, 0.3) is 5.91 Å². The quantitative estimate of drug-likeness (QED) is 0.0760. The molecular weight excluding hydrogens is 1230 g/mol. The number of carbonyl (C=O) groups excluding carboxylic acids is 4. The molecule has 494 valence electrons. The van der Waals surface area contributed by atoms with Gasteiger partial charge in [0.15, 0.2) is 5.82 Å². The molecule has 11 rings (SSSR count). The third-order valence-electron chi connectivity index (χ3n) is 16.7. The number of nitrogens with one attached hydrogen (secondary N) is 1. The summed E-state index contributed by atoms with van der Waals surface area (Å²) in [5, 5.41) is 33.4. The van der Waals surface area contributed by atoms with Crippen LogP contribution in [0.25, 0.3) is 55.8 Å². The van der Waals surface area contributed by atoms with Crippen molar-refractivity contribution in [1.29, 1.82) is 0 Å². The molecule has 2 aliphatic rings. The molecule has 1 atom stereocenters. The van der Waals surface area contributed by atoms with Gasteiger partial charge < -0.3 is 44.4 Å².